The molecule has 1 fully saturated rings. The third-order valence-electron chi connectivity index (χ3n) is 7.48. The van der Waals surface area contributed by atoms with Gasteiger partial charge in [0.1, 0.15) is 0 Å². The Morgan fingerprint density at radius 1 is 1.18 bits per heavy atom. The Balaban J connectivity index is 1.77. The zero-order chi connectivity index (χ0) is 27.2. The Morgan fingerprint density at radius 2 is 1.95 bits per heavy atom. The number of hydrogen-bond donors (Lipinski definition) is 2. The molecule has 2 amide bonds. The van der Waals surface area contributed by atoms with Gasteiger partial charge in [-0.15, -0.1) is 0 Å². The number of carbonyl (C=O) groups excluding carboxylic acids is 2. The van der Waals surface area contributed by atoms with Crippen molar-refractivity contribution >= 4 is 35.0 Å². The van der Waals surface area contributed by atoms with Gasteiger partial charge in [-0.2, -0.15) is 0 Å². The number of carbonyl (C=O) groups is 2. The molecule has 0 radical (unpaired) electrons. The lowest BCUT2D eigenvalue weighted by atomic mass is 9.76. The first-order valence-electron chi connectivity index (χ1n) is 13.0. The number of rotatable bonds is 9. The Hall–Kier alpha value is -2.64. The van der Waals surface area contributed by atoms with Crippen LogP contribution in [0.4, 0.5) is 0 Å². The fraction of sp³-hybridized carbons (Fsp3) is 0.400. The molecule has 4 rings (SSSR count). The molecule has 0 saturated heterocycles. The Kier molecular flexibility index (Phi) is 9.66. The maximum Gasteiger partial charge on any atom is 0.255 e. The van der Waals surface area contributed by atoms with Crippen molar-refractivity contribution in [3.05, 3.63) is 93.5 Å². The smallest absolute Gasteiger partial charge is 0.255 e. The van der Waals surface area contributed by atoms with E-state index in [2.05, 4.69) is 11.9 Å². The molecule has 2 N–H and O–H groups in total. The van der Waals surface area contributed by atoms with Gasteiger partial charge in [0.05, 0.1) is 30.7 Å². The van der Waals surface area contributed by atoms with E-state index in [0.717, 1.165) is 18.4 Å². The van der Waals surface area contributed by atoms with Crippen LogP contribution >= 0.6 is 23.2 Å². The van der Waals surface area contributed by atoms with Crippen molar-refractivity contribution in [3.8, 4) is 0 Å². The lowest BCUT2D eigenvalue weighted by Crippen LogP contribution is -2.55. The van der Waals surface area contributed by atoms with Crippen LogP contribution in [0.25, 0.3) is 0 Å². The molecular weight excluding hydrogens is 523 g/mol. The highest BCUT2D eigenvalue weighted by atomic mass is 35.5. The molecule has 2 aromatic rings. The summed E-state index contributed by atoms with van der Waals surface area (Å²) in [4.78, 5) is 29.7. The highest BCUT2D eigenvalue weighted by Gasteiger charge is 2.48. The van der Waals surface area contributed by atoms with Crippen molar-refractivity contribution in [3.63, 3.8) is 0 Å². The van der Waals surface area contributed by atoms with Crippen molar-refractivity contribution in [2.75, 3.05) is 20.3 Å². The van der Waals surface area contributed by atoms with Crippen molar-refractivity contribution in [2.45, 2.75) is 56.2 Å². The number of fused-ring (bicyclic) bond motifs is 1. The summed E-state index contributed by atoms with van der Waals surface area (Å²) >= 11 is 12.9. The van der Waals surface area contributed by atoms with Crippen molar-refractivity contribution in [2.24, 2.45) is 0 Å². The van der Waals surface area contributed by atoms with Gasteiger partial charge in [-0.3, -0.25) is 9.59 Å². The van der Waals surface area contributed by atoms with Crippen molar-refractivity contribution in [1.29, 1.82) is 0 Å². The molecule has 0 bridgehead atoms. The number of methoxy groups -OCH3 is 1. The van der Waals surface area contributed by atoms with Crippen molar-refractivity contribution in [1.82, 2.24) is 10.2 Å². The van der Waals surface area contributed by atoms with E-state index in [1.54, 1.807) is 48.4 Å². The number of amides is 2. The Labute approximate surface area is 234 Å². The number of halogens is 2. The fourth-order valence-electron chi connectivity index (χ4n) is 5.61. The maximum atomic E-state index is 14.0. The predicted octanol–water partition coefficient (Wildman–Crippen LogP) is 5.84. The number of nitrogens with one attached hydrogen (secondary N) is 1. The van der Waals surface area contributed by atoms with Crippen LogP contribution in [0.2, 0.25) is 10.0 Å². The molecule has 1 aliphatic heterocycles. The minimum Gasteiger partial charge on any atom is -0.391 e. The summed E-state index contributed by atoms with van der Waals surface area (Å²) in [7, 11) is 1.62. The fourth-order valence-corrected chi connectivity index (χ4v) is 6.13. The Bertz CT molecular complexity index is 1210. The second-order valence-electron chi connectivity index (χ2n) is 9.79. The molecule has 2 aliphatic rings. The van der Waals surface area contributed by atoms with Crippen LogP contribution in [0.3, 0.4) is 0 Å². The van der Waals surface area contributed by atoms with E-state index in [0.29, 0.717) is 59.1 Å². The average Bonchev–Trinajstić information content (AvgIpc) is 2.91. The molecule has 1 saturated carbocycles. The summed E-state index contributed by atoms with van der Waals surface area (Å²) in [6.07, 6.45) is 6.63. The third-order valence-corrected chi connectivity index (χ3v) is 8.04. The second-order valence-corrected chi connectivity index (χ2v) is 10.6. The third kappa shape index (κ3) is 5.99. The first-order chi connectivity index (χ1) is 18.4. The van der Waals surface area contributed by atoms with Crippen LogP contribution in [-0.2, 0) is 9.53 Å². The van der Waals surface area contributed by atoms with E-state index in [1.165, 1.54) is 0 Å². The lowest BCUT2D eigenvalue weighted by molar-refractivity contribution is -0.125. The van der Waals surface area contributed by atoms with Crippen LogP contribution in [0.1, 0.15) is 65.5 Å². The molecular formula is C30H34Cl2N2O4. The van der Waals surface area contributed by atoms with Gasteiger partial charge in [0, 0.05) is 29.3 Å². The average molecular weight is 558 g/mol. The van der Waals surface area contributed by atoms with Gasteiger partial charge in [0.15, 0.2) is 0 Å². The zero-order valence-electron chi connectivity index (χ0n) is 21.5. The van der Waals surface area contributed by atoms with E-state index in [9.17, 15) is 14.7 Å². The van der Waals surface area contributed by atoms with Crippen LogP contribution in [-0.4, -0.2) is 54.2 Å². The largest absolute Gasteiger partial charge is 0.391 e. The van der Waals surface area contributed by atoms with Crippen LogP contribution in [0, 0.1) is 0 Å². The summed E-state index contributed by atoms with van der Waals surface area (Å²) < 4.78 is 5.12. The maximum absolute atomic E-state index is 14.0. The van der Waals surface area contributed by atoms with Gasteiger partial charge in [-0.05, 0) is 54.2 Å². The van der Waals surface area contributed by atoms with Gasteiger partial charge in [0.25, 0.3) is 5.91 Å². The van der Waals surface area contributed by atoms with E-state index in [-0.39, 0.29) is 11.8 Å². The molecule has 1 aliphatic carbocycles. The minimum absolute atomic E-state index is 0.206. The lowest BCUT2D eigenvalue weighted by Gasteiger charge is -2.48. The van der Waals surface area contributed by atoms with E-state index >= 15 is 0 Å². The van der Waals surface area contributed by atoms with Gasteiger partial charge in [-0.25, -0.2) is 0 Å². The predicted molar refractivity (Wildman–Crippen MR) is 151 cm³/mol. The number of aliphatic hydroxyl groups is 1. The molecule has 6 nitrogen and oxygen atoms in total. The topological polar surface area (TPSA) is 78.9 Å². The highest BCUT2D eigenvalue weighted by Crippen LogP contribution is 2.47. The summed E-state index contributed by atoms with van der Waals surface area (Å²) in [6.45, 7) is 4.70. The van der Waals surface area contributed by atoms with Crippen LogP contribution in [0.5, 0.6) is 0 Å². The summed E-state index contributed by atoms with van der Waals surface area (Å²) in [5, 5.41) is 14.9. The quantitative estimate of drug-likeness (QED) is 0.380. The first kappa shape index (κ1) is 28.4. The SMILES string of the molecule is C=C/C(=C\COC)CCNC(=O)[C@@H]1c2ccccc2C(=O)N([C@H]2CCCC[C@@H]2O)[C@H]1c1ccc(Cl)cc1Cl. The van der Waals surface area contributed by atoms with Gasteiger partial charge >= 0.3 is 0 Å². The molecule has 0 unspecified atom stereocenters. The van der Waals surface area contributed by atoms with Gasteiger partial charge < -0.3 is 20.1 Å². The van der Waals surface area contributed by atoms with Crippen molar-refractivity contribution < 1.29 is 19.4 Å². The number of ether oxygens (including phenoxy) is 1. The summed E-state index contributed by atoms with van der Waals surface area (Å²) in [5.74, 6) is -1.15. The van der Waals surface area contributed by atoms with Gasteiger partial charge in [-0.1, -0.05) is 79.0 Å². The monoisotopic (exact) mass is 556 g/mol. The van der Waals surface area contributed by atoms with E-state index < -0.39 is 24.1 Å². The number of hydrogen-bond acceptors (Lipinski definition) is 4. The standard InChI is InChI=1S/C30H34Cl2N2O4/c1-3-19(15-17-38-2)14-16-33-29(36)27-21-8-4-5-9-22(21)30(37)34(25-10-6-7-11-26(25)35)28(27)23-13-12-20(31)18-24(23)32/h3-5,8-9,12-13,15,18,25-28,35H,1,6-7,10-11,14,16-17H2,2H3,(H,33,36)/b19-15+/t25-,26-,27+,28-/m0/s1. The van der Waals surface area contributed by atoms with E-state index in [4.69, 9.17) is 27.9 Å². The number of allylic oxidation sites excluding steroid dienone is 1. The normalized spacial score (nSPS) is 23.6. The molecule has 202 valence electrons. The molecule has 2 aromatic carbocycles. The molecule has 38 heavy (non-hydrogen) atoms. The molecule has 0 spiro atoms. The molecule has 1 heterocycles. The minimum atomic E-state index is -0.730. The van der Waals surface area contributed by atoms with Gasteiger partial charge in [0.2, 0.25) is 5.91 Å². The zero-order valence-corrected chi connectivity index (χ0v) is 23.0. The molecule has 0 aromatic heterocycles. The number of aliphatic hydroxyl groups excluding tert-OH is 1. The number of nitrogens with zero attached hydrogens (tertiary/aromatic N) is 1. The Morgan fingerprint density at radius 3 is 2.66 bits per heavy atom. The van der Waals surface area contributed by atoms with E-state index in [1.807, 2.05) is 18.2 Å². The summed E-state index contributed by atoms with van der Waals surface area (Å²) in [5.41, 5.74) is 2.71. The first-order valence-corrected chi connectivity index (χ1v) is 13.8. The number of benzene rings is 2. The van der Waals surface area contributed by atoms with Crippen LogP contribution in [0.15, 0.2) is 66.8 Å². The molecule has 4 atom stereocenters. The second kappa shape index (κ2) is 12.9. The summed E-state index contributed by atoms with van der Waals surface area (Å²) in [6, 6.07) is 11.2. The van der Waals surface area contributed by atoms with Crippen LogP contribution < -0.4 is 5.32 Å². The molecule has 8 heteroatoms. The highest BCUT2D eigenvalue weighted by molar-refractivity contribution is 6.35.